The second kappa shape index (κ2) is 7.64. The maximum Gasteiger partial charge on any atom is 0.410 e. The van der Waals surface area contributed by atoms with Gasteiger partial charge in [-0.2, -0.15) is 0 Å². The number of nitrogens with zero attached hydrogens (tertiary/aromatic N) is 2. The molecule has 6 heteroatoms. The molecule has 0 atom stereocenters. The summed E-state index contributed by atoms with van der Waals surface area (Å²) in [6.45, 7) is 12.8. The predicted molar refractivity (Wildman–Crippen MR) is 80.0 cm³/mol. The van der Waals surface area contributed by atoms with Crippen molar-refractivity contribution in [2.24, 2.45) is 5.92 Å². The summed E-state index contributed by atoms with van der Waals surface area (Å²) in [5.41, 5.74) is -0.479. The minimum Gasteiger partial charge on any atom is -0.444 e. The van der Waals surface area contributed by atoms with Gasteiger partial charge in [-0.3, -0.25) is 4.79 Å². The molecule has 21 heavy (non-hydrogen) atoms. The highest BCUT2D eigenvalue weighted by molar-refractivity contribution is 5.80. The zero-order valence-electron chi connectivity index (χ0n) is 13.8. The largest absolute Gasteiger partial charge is 0.444 e. The molecule has 122 valence electrons. The fourth-order valence-corrected chi connectivity index (χ4v) is 2.07. The van der Waals surface area contributed by atoms with Crippen LogP contribution < -0.4 is 0 Å². The van der Waals surface area contributed by atoms with Crippen LogP contribution in [0.1, 0.15) is 34.6 Å². The summed E-state index contributed by atoms with van der Waals surface area (Å²) < 4.78 is 10.3. The molecule has 0 unspecified atom stereocenters. The Morgan fingerprint density at radius 3 is 1.86 bits per heavy atom. The van der Waals surface area contributed by atoms with Crippen LogP contribution in [0.15, 0.2) is 0 Å². The average Bonchev–Trinajstić information content (AvgIpc) is 2.37. The molecule has 0 aliphatic carbocycles. The second-order valence-electron chi connectivity index (χ2n) is 6.03. The average molecular weight is 300 g/mol. The van der Waals surface area contributed by atoms with Crippen molar-refractivity contribution in [3.05, 3.63) is 0 Å². The topological polar surface area (TPSA) is 59.1 Å². The summed E-state index contributed by atoms with van der Waals surface area (Å²) >= 11 is 0. The standard InChI is InChI=1S/C13H22N2O4.C2H6/c1-13(2,3)19-12(17)15-6-4-14(5-7-15)11(16)10-8-18-9-10;1-2/h10H,4-9H2,1-3H3;1-2H3. The van der Waals surface area contributed by atoms with Crippen molar-refractivity contribution >= 4 is 12.0 Å². The molecule has 0 bridgehead atoms. The Morgan fingerprint density at radius 2 is 1.48 bits per heavy atom. The molecule has 2 amide bonds. The molecule has 0 spiro atoms. The number of rotatable bonds is 1. The number of hydrogen-bond donors (Lipinski definition) is 0. The molecule has 2 rings (SSSR count). The summed E-state index contributed by atoms with van der Waals surface area (Å²) in [5.74, 6) is 0.170. The molecular weight excluding hydrogens is 272 g/mol. The third kappa shape index (κ3) is 5.19. The molecular formula is C15H28N2O4. The van der Waals surface area contributed by atoms with Gasteiger partial charge in [0.1, 0.15) is 5.60 Å². The molecule has 2 heterocycles. The first-order chi connectivity index (χ1) is 9.87. The van der Waals surface area contributed by atoms with E-state index in [-0.39, 0.29) is 17.9 Å². The predicted octanol–water partition coefficient (Wildman–Crippen LogP) is 1.74. The van der Waals surface area contributed by atoms with Crippen molar-refractivity contribution in [2.75, 3.05) is 39.4 Å². The van der Waals surface area contributed by atoms with Crippen LogP contribution >= 0.6 is 0 Å². The van der Waals surface area contributed by atoms with E-state index in [1.165, 1.54) is 0 Å². The highest BCUT2D eigenvalue weighted by Gasteiger charge is 2.33. The second-order valence-corrected chi connectivity index (χ2v) is 6.03. The van der Waals surface area contributed by atoms with E-state index in [1.54, 1.807) is 4.90 Å². The molecule has 0 saturated carbocycles. The van der Waals surface area contributed by atoms with Crippen LogP contribution in [-0.4, -0.2) is 66.8 Å². The Labute approximate surface area is 127 Å². The molecule has 0 aromatic carbocycles. The molecule has 2 saturated heterocycles. The summed E-state index contributed by atoms with van der Waals surface area (Å²) in [4.78, 5) is 27.3. The van der Waals surface area contributed by atoms with Crippen LogP contribution in [0.4, 0.5) is 4.79 Å². The minimum atomic E-state index is -0.479. The molecule has 2 aliphatic heterocycles. The Hall–Kier alpha value is -1.30. The third-order valence-corrected chi connectivity index (χ3v) is 3.23. The molecule has 2 aliphatic rings. The summed E-state index contributed by atoms with van der Waals surface area (Å²) in [7, 11) is 0. The molecule has 0 radical (unpaired) electrons. The van der Waals surface area contributed by atoms with E-state index in [1.807, 2.05) is 39.5 Å². The van der Waals surface area contributed by atoms with Gasteiger partial charge in [-0.05, 0) is 20.8 Å². The maximum absolute atomic E-state index is 12.0. The number of hydrogen-bond acceptors (Lipinski definition) is 4. The Morgan fingerprint density at radius 1 is 1.00 bits per heavy atom. The molecule has 0 N–H and O–H groups in total. The van der Waals surface area contributed by atoms with E-state index in [0.717, 1.165) is 0 Å². The summed E-state index contributed by atoms with van der Waals surface area (Å²) in [5, 5.41) is 0. The minimum absolute atomic E-state index is 0.0214. The number of ether oxygens (including phenoxy) is 2. The molecule has 2 fully saturated rings. The first kappa shape index (κ1) is 17.8. The highest BCUT2D eigenvalue weighted by atomic mass is 16.6. The van der Waals surface area contributed by atoms with Gasteiger partial charge in [-0.15, -0.1) is 0 Å². The van der Waals surface area contributed by atoms with Gasteiger partial charge >= 0.3 is 6.09 Å². The van der Waals surface area contributed by atoms with Gasteiger partial charge in [-0.1, -0.05) is 13.8 Å². The fraction of sp³-hybridized carbons (Fsp3) is 0.867. The number of carbonyl (C=O) groups excluding carboxylic acids is 2. The van der Waals surface area contributed by atoms with E-state index in [0.29, 0.717) is 39.4 Å². The fourth-order valence-electron chi connectivity index (χ4n) is 2.07. The SMILES string of the molecule is CC.CC(C)(C)OC(=O)N1CCN(C(=O)C2COC2)CC1. The van der Waals surface area contributed by atoms with E-state index in [2.05, 4.69) is 0 Å². The zero-order valence-corrected chi connectivity index (χ0v) is 13.8. The lowest BCUT2D eigenvalue weighted by atomic mass is 10.1. The van der Waals surface area contributed by atoms with Gasteiger partial charge in [0.15, 0.2) is 0 Å². The summed E-state index contributed by atoms with van der Waals surface area (Å²) in [6, 6.07) is 0. The van der Waals surface area contributed by atoms with Gasteiger partial charge in [-0.25, -0.2) is 4.79 Å². The quantitative estimate of drug-likeness (QED) is 0.740. The van der Waals surface area contributed by atoms with Crippen molar-refractivity contribution in [3.63, 3.8) is 0 Å². The van der Waals surface area contributed by atoms with Crippen LogP contribution in [0.25, 0.3) is 0 Å². The van der Waals surface area contributed by atoms with Crippen LogP contribution in [-0.2, 0) is 14.3 Å². The Kier molecular flexibility index (Phi) is 6.45. The first-order valence-electron chi connectivity index (χ1n) is 7.71. The van der Waals surface area contributed by atoms with Crippen LogP contribution in [0, 0.1) is 5.92 Å². The molecule has 0 aromatic heterocycles. The van der Waals surface area contributed by atoms with Crippen molar-refractivity contribution in [1.29, 1.82) is 0 Å². The highest BCUT2D eigenvalue weighted by Crippen LogP contribution is 2.16. The van der Waals surface area contributed by atoms with E-state index < -0.39 is 5.60 Å². The van der Waals surface area contributed by atoms with Crippen molar-refractivity contribution in [2.45, 2.75) is 40.2 Å². The van der Waals surface area contributed by atoms with E-state index >= 15 is 0 Å². The van der Waals surface area contributed by atoms with Gasteiger partial charge in [0, 0.05) is 26.2 Å². The van der Waals surface area contributed by atoms with Crippen molar-refractivity contribution < 1.29 is 19.1 Å². The maximum atomic E-state index is 12.0. The van der Waals surface area contributed by atoms with E-state index in [4.69, 9.17) is 9.47 Å². The van der Waals surface area contributed by atoms with Gasteiger partial charge < -0.3 is 19.3 Å². The monoisotopic (exact) mass is 300 g/mol. The van der Waals surface area contributed by atoms with Crippen LogP contribution in [0.5, 0.6) is 0 Å². The van der Waals surface area contributed by atoms with Gasteiger partial charge in [0.05, 0.1) is 19.1 Å². The number of piperazine rings is 1. The molecule has 0 aromatic rings. The Bertz CT molecular complexity index is 353. The lowest BCUT2D eigenvalue weighted by molar-refractivity contribution is -0.151. The Balaban J connectivity index is 0.00000106. The lowest BCUT2D eigenvalue weighted by Gasteiger charge is -2.38. The van der Waals surface area contributed by atoms with Gasteiger partial charge in [0.25, 0.3) is 0 Å². The first-order valence-corrected chi connectivity index (χ1v) is 7.71. The lowest BCUT2D eigenvalue weighted by Crippen LogP contribution is -2.54. The van der Waals surface area contributed by atoms with Crippen molar-refractivity contribution in [1.82, 2.24) is 9.80 Å². The smallest absolute Gasteiger partial charge is 0.410 e. The van der Waals surface area contributed by atoms with Gasteiger partial charge in [0.2, 0.25) is 5.91 Å². The number of carbonyl (C=O) groups is 2. The summed E-state index contributed by atoms with van der Waals surface area (Å²) in [6.07, 6.45) is -0.299. The normalized spacial score (nSPS) is 19.3. The van der Waals surface area contributed by atoms with Crippen LogP contribution in [0.3, 0.4) is 0 Å². The number of amides is 2. The molecule has 6 nitrogen and oxygen atoms in total. The van der Waals surface area contributed by atoms with E-state index in [9.17, 15) is 9.59 Å². The zero-order chi connectivity index (χ0) is 16.0. The third-order valence-electron chi connectivity index (χ3n) is 3.23. The van der Waals surface area contributed by atoms with Crippen LogP contribution in [0.2, 0.25) is 0 Å². The van der Waals surface area contributed by atoms with Crippen molar-refractivity contribution in [3.8, 4) is 0 Å².